The summed E-state index contributed by atoms with van der Waals surface area (Å²) in [6, 6.07) is 16.2. The molecule has 138 valence electrons. The third-order valence-corrected chi connectivity index (χ3v) is 5.94. The van der Waals surface area contributed by atoms with Gasteiger partial charge >= 0.3 is 0 Å². The Hall–Kier alpha value is -2.51. The van der Waals surface area contributed by atoms with Crippen molar-refractivity contribution < 1.29 is 9.53 Å². The van der Waals surface area contributed by atoms with Crippen molar-refractivity contribution in [1.82, 2.24) is 0 Å². The van der Waals surface area contributed by atoms with Crippen LogP contribution in [0.2, 0.25) is 5.02 Å². The van der Waals surface area contributed by atoms with Crippen molar-refractivity contribution in [1.29, 1.82) is 5.26 Å². The van der Waals surface area contributed by atoms with Gasteiger partial charge < -0.3 is 9.64 Å². The van der Waals surface area contributed by atoms with Crippen LogP contribution < -0.4 is 9.64 Å². The number of carbonyl (C=O) groups excluding carboxylic acids is 1. The lowest BCUT2D eigenvalue weighted by Gasteiger charge is -2.40. The fraction of sp³-hybridized carbons (Fsp3) is 0.364. The van der Waals surface area contributed by atoms with Crippen molar-refractivity contribution in [3.63, 3.8) is 0 Å². The molecular formula is C22H21ClN2O2. The van der Waals surface area contributed by atoms with Crippen molar-refractivity contribution in [2.24, 2.45) is 0 Å². The Morgan fingerprint density at radius 3 is 2.37 bits per heavy atom. The molecule has 4 rings (SSSR count). The summed E-state index contributed by atoms with van der Waals surface area (Å²) in [4.78, 5) is 14.0. The maximum atomic E-state index is 11.5. The average molecular weight is 381 g/mol. The summed E-state index contributed by atoms with van der Waals surface area (Å²) in [6.07, 6.45) is 4.39. The van der Waals surface area contributed by atoms with Gasteiger partial charge in [0.2, 0.25) is 0 Å². The van der Waals surface area contributed by atoms with Crippen molar-refractivity contribution in [3.8, 4) is 11.8 Å². The highest BCUT2D eigenvalue weighted by molar-refractivity contribution is 6.31. The number of hydrogen-bond donors (Lipinski definition) is 0. The van der Waals surface area contributed by atoms with Crippen molar-refractivity contribution in [2.75, 3.05) is 4.90 Å². The maximum absolute atomic E-state index is 11.5. The number of fused-ring (bicyclic) bond motifs is 2. The molecule has 0 spiro atoms. The first-order valence-electron chi connectivity index (χ1n) is 9.31. The highest BCUT2D eigenvalue weighted by Crippen LogP contribution is 2.40. The van der Waals surface area contributed by atoms with E-state index in [4.69, 9.17) is 21.6 Å². The van der Waals surface area contributed by atoms with Gasteiger partial charge in [-0.2, -0.15) is 5.26 Å². The van der Waals surface area contributed by atoms with Crippen molar-refractivity contribution >= 4 is 23.1 Å². The number of carbonyl (C=O) groups is 1. The third kappa shape index (κ3) is 3.52. The Kier molecular flexibility index (Phi) is 4.80. The van der Waals surface area contributed by atoms with E-state index in [1.165, 1.54) is 5.69 Å². The Labute approximate surface area is 164 Å². The molecule has 2 fully saturated rings. The zero-order valence-corrected chi connectivity index (χ0v) is 15.9. The predicted molar refractivity (Wildman–Crippen MR) is 106 cm³/mol. The predicted octanol–water partition coefficient (Wildman–Crippen LogP) is 4.99. The molecule has 2 atom stereocenters. The van der Waals surface area contributed by atoms with Gasteiger partial charge in [0.1, 0.15) is 17.9 Å². The number of ketones is 1. The molecule has 0 amide bonds. The van der Waals surface area contributed by atoms with Gasteiger partial charge in [-0.05, 0) is 56.2 Å². The monoisotopic (exact) mass is 380 g/mol. The molecule has 2 heterocycles. The first-order valence-corrected chi connectivity index (χ1v) is 9.68. The molecule has 0 aromatic heterocycles. The number of anilines is 1. The Bertz CT molecular complexity index is 890. The van der Waals surface area contributed by atoms with Crippen LogP contribution in [0.25, 0.3) is 0 Å². The van der Waals surface area contributed by atoms with E-state index in [0.717, 1.165) is 37.0 Å². The topological polar surface area (TPSA) is 53.3 Å². The van der Waals surface area contributed by atoms with Crippen LogP contribution in [0.5, 0.6) is 5.75 Å². The van der Waals surface area contributed by atoms with Crippen LogP contribution in [0.1, 0.15) is 48.5 Å². The number of Topliss-reactive ketones (excluding diaryl/α,β-unsaturated/α-hetero) is 1. The number of piperidine rings is 1. The van der Waals surface area contributed by atoms with E-state index in [2.05, 4.69) is 23.1 Å². The van der Waals surface area contributed by atoms with E-state index in [1.807, 2.05) is 18.2 Å². The van der Waals surface area contributed by atoms with Crippen LogP contribution in [0.15, 0.2) is 42.5 Å². The number of halogens is 1. The lowest BCUT2D eigenvalue weighted by Crippen LogP contribution is -2.46. The second-order valence-corrected chi connectivity index (χ2v) is 7.77. The fourth-order valence-corrected chi connectivity index (χ4v) is 4.58. The van der Waals surface area contributed by atoms with Gasteiger partial charge in [0.05, 0.1) is 10.6 Å². The molecule has 2 aromatic rings. The molecule has 2 saturated heterocycles. The molecule has 2 aliphatic heterocycles. The van der Waals surface area contributed by atoms with Crippen LogP contribution in [0.4, 0.5) is 5.69 Å². The van der Waals surface area contributed by atoms with Crippen LogP contribution in [0.3, 0.4) is 0 Å². The fourth-order valence-electron chi connectivity index (χ4n) is 4.37. The maximum Gasteiger partial charge on any atom is 0.159 e. The van der Waals surface area contributed by atoms with Gasteiger partial charge in [-0.15, -0.1) is 0 Å². The minimum absolute atomic E-state index is 0.0951. The largest absolute Gasteiger partial charge is 0.490 e. The molecule has 5 heteroatoms. The smallest absolute Gasteiger partial charge is 0.159 e. The third-order valence-electron chi connectivity index (χ3n) is 5.63. The summed E-state index contributed by atoms with van der Waals surface area (Å²) < 4.78 is 6.19. The summed E-state index contributed by atoms with van der Waals surface area (Å²) in [6.45, 7) is 1.59. The first kappa shape index (κ1) is 17.9. The van der Waals surface area contributed by atoms with Gasteiger partial charge in [-0.25, -0.2) is 0 Å². The van der Waals surface area contributed by atoms with Crippen molar-refractivity contribution in [2.45, 2.75) is 50.8 Å². The quantitative estimate of drug-likeness (QED) is 0.701. The van der Waals surface area contributed by atoms with E-state index < -0.39 is 0 Å². The Morgan fingerprint density at radius 2 is 1.81 bits per heavy atom. The molecule has 2 aromatic carbocycles. The van der Waals surface area contributed by atoms with Gasteiger partial charge in [0, 0.05) is 42.2 Å². The molecule has 0 saturated carbocycles. The molecule has 0 radical (unpaired) electrons. The van der Waals surface area contributed by atoms with E-state index in [-0.39, 0.29) is 11.9 Å². The zero-order chi connectivity index (χ0) is 19.0. The minimum atomic E-state index is 0.0951. The number of benzene rings is 2. The molecule has 0 aliphatic carbocycles. The van der Waals surface area contributed by atoms with Gasteiger partial charge in [-0.3, -0.25) is 4.79 Å². The lowest BCUT2D eigenvalue weighted by atomic mass is 9.98. The van der Waals surface area contributed by atoms with E-state index in [9.17, 15) is 4.79 Å². The second kappa shape index (κ2) is 7.25. The summed E-state index contributed by atoms with van der Waals surface area (Å²) in [5.74, 6) is 0.820. The van der Waals surface area contributed by atoms with E-state index in [1.54, 1.807) is 19.1 Å². The molecule has 2 bridgehead atoms. The lowest BCUT2D eigenvalue weighted by molar-refractivity contribution is 0.101. The van der Waals surface area contributed by atoms with Gasteiger partial charge in [-0.1, -0.05) is 11.6 Å². The van der Waals surface area contributed by atoms with E-state index >= 15 is 0 Å². The van der Waals surface area contributed by atoms with Crippen LogP contribution in [0, 0.1) is 11.3 Å². The Balaban J connectivity index is 1.46. The van der Waals surface area contributed by atoms with E-state index in [0.29, 0.717) is 22.7 Å². The number of nitriles is 1. The SMILES string of the molecule is CC(=O)c1ccc(N2C3CCC2CC(Oc2ccc(C#N)c(Cl)c2)C3)cc1. The minimum Gasteiger partial charge on any atom is -0.490 e. The summed E-state index contributed by atoms with van der Waals surface area (Å²) in [7, 11) is 0. The van der Waals surface area contributed by atoms with Crippen LogP contribution >= 0.6 is 11.6 Å². The first-order chi connectivity index (χ1) is 13.0. The highest BCUT2D eigenvalue weighted by Gasteiger charge is 2.41. The highest BCUT2D eigenvalue weighted by atomic mass is 35.5. The molecular weight excluding hydrogens is 360 g/mol. The Morgan fingerprint density at radius 1 is 1.15 bits per heavy atom. The number of ether oxygens (including phenoxy) is 1. The number of rotatable bonds is 4. The number of hydrogen-bond acceptors (Lipinski definition) is 4. The molecule has 27 heavy (non-hydrogen) atoms. The zero-order valence-electron chi connectivity index (χ0n) is 15.2. The second-order valence-electron chi connectivity index (χ2n) is 7.36. The van der Waals surface area contributed by atoms with Gasteiger partial charge in [0.15, 0.2) is 5.78 Å². The van der Waals surface area contributed by atoms with Crippen molar-refractivity contribution in [3.05, 3.63) is 58.6 Å². The molecule has 2 aliphatic rings. The normalized spacial score (nSPS) is 23.7. The molecule has 4 nitrogen and oxygen atoms in total. The van der Waals surface area contributed by atoms with Gasteiger partial charge in [0.25, 0.3) is 0 Å². The molecule has 2 unspecified atom stereocenters. The van der Waals surface area contributed by atoms with Crippen LogP contribution in [-0.2, 0) is 0 Å². The van der Waals surface area contributed by atoms with Crippen LogP contribution in [-0.4, -0.2) is 24.0 Å². The summed E-state index contributed by atoms with van der Waals surface area (Å²) in [5.41, 5.74) is 2.40. The summed E-state index contributed by atoms with van der Waals surface area (Å²) in [5, 5.41) is 9.43. The standard InChI is InChI=1S/C22H21ClN2O2/c1-14(26)15-2-5-17(6-3-15)25-18-7-8-19(25)11-21(10-18)27-20-9-4-16(13-24)22(23)12-20/h2-6,9,12,18-19,21H,7-8,10-11H2,1H3. The average Bonchev–Trinajstić information content (AvgIpc) is 2.92. The number of nitrogens with zero attached hydrogens (tertiary/aromatic N) is 2. The molecule has 0 N–H and O–H groups in total. The summed E-state index contributed by atoms with van der Waals surface area (Å²) >= 11 is 6.12.